The zero-order chi connectivity index (χ0) is 14.3. The Labute approximate surface area is 119 Å². The number of hydrogen-bond donors (Lipinski definition) is 1. The van der Waals surface area contributed by atoms with Gasteiger partial charge in [-0.3, -0.25) is 0 Å². The van der Waals surface area contributed by atoms with E-state index in [1.165, 1.54) is 19.0 Å². The van der Waals surface area contributed by atoms with Crippen molar-refractivity contribution in [1.29, 1.82) is 0 Å². The van der Waals surface area contributed by atoms with E-state index in [4.69, 9.17) is 5.11 Å². The van der Waals surface area contributed by atoms with Crippen LogP contribution in [-0.2, 0) is 6.42 Å². The zero-order valence-electron chi connectivity index (χ0n) is 12.0. The highest BCUT2D eigenvalue weighted by Crippen LogP contribution is 2.41. The Balaban J connectivity index is 1.86. The highest BCUT2D eigenvalue weighted by molar-refractivity contribution is 5.88. The molecule has 3 rings (SSSR count). The van der Waals surface area contributed by atoms with Gasteiger partial charge in [0.05, 0.1) is 11.3 Å². The predicted molar refractivity (Wildman–Crippen MR) is 74.9 cm³/mol. The summed E-state index contributed by atoms with van der Waals surface area (Å²) in [5.74, 6) is 0.297. The molecule has 2 aliphatic rings. The molecule has 0 aliphatic carbocycles. The number of carboxylic acid groups (broad SMARTS) is 1. The van der Waals surface area contributed by atoms with Gasteiger partial charge in [0.2, 0.25) is 0 Å². The van der Waals surface area contributed by atoms with E-state index >= 15 is 0 Å². The van der Waals surface area contributed by atoms with E-state index in [1.807, 2.05) is 6.92 Å². The first-order chi connectivity index (χ1) is 9.60. The van der Waals surface area contributed by atoms with Gasteiger partial charge in [-0.1, -0.05) is 6.92 Å². The molecule has 2 fully saturated rings. The lowest BCUT2D eigenvalue weighted by Gasteiger charge is -2.35. The zero-order valence-corrected chi connectivity index (χ0v) is 12.0. The van der Waals surface area contributed by atoms with Gasteiger partial charge in [-0.25, -0.2) is 14.8 Å². The standard InChI is InChI=1S/C15H21N3O2/c1-3-13-12(15(19)20)8-16-14(17-13)9-6-10-4-5-11(7-9)18(10)2/h8-11H,3-7H2,1-2H3,(H,19,20). The van der Waals surface area contributed by atoms with Crippen LogP contribution in [0.1, 0.15) is 60.4 Å². The van der Waals surface area contributed by atoms with Gasteiger partial charge >= 0.3 is 5.97 Å². The molecule has 108 valence electrons. The summed E-state index contributed by atoms with van der Waals surface area (Å²) in [5, 5.41) is 9.14. The Kier molecular flexibility index (Phi) is 3.46. The van der Waals surface area contributed by atoms with Crippen molar-refractivity contribution < 1.29 is 9.90 Å². The van der Waals surface area contributed by atoms with Gasteiger partial charge < -0.3 is 10.0 Å². The highest BCUT2D eigenvalue weighted by Gasteiger charge is 2.39. The van der Waals surface area contributed by atoms with Crippen LogP contribution in [0.15, 0.2) is 6.20 Å². The van der Waals surface area contributed by atoms with Gasteiger partial charge in [-0.15, -0.1) is 0 Å². The Morgan fingerprint density at radius 2 is 2.05 bits per heavy atom. The maximum Gasteiger partial charge on any atom is 0.339 e. The van der Waals surface area contributed by atoms with Crippen molar-refractivity contribution in [2.75, 3.05) is 7.05 Å². The summed E-state index contributed by atoms with van der Waals surface area (Å²) < 4.78 is 0. The van der Waals surface area contributed by atoms with Gasteiger partial charge in [0, 0.05) is 24.2 Å². The number of carbonyl (C=O) groups is 1. The number of fused-ring (bicyclic) bond motifs is 2. The van der Waals surface area contributed by atoms with Gasteiger partial charge in [0.15, 0.2) is 0 Å². The van der Waals surface area contributed by atoms with Crippen molar-refractivity contribution in [1.82, 2.24) is 14.9 Å². The third kappa shape index (κ3) is 2.20. The monoisotopic (exact) mass is 275 g/mol. The number of aromatic nitrogens is 2. The topological polar surface area (TPSA) is 66.3 Å². The molecule has 0 aromatic carbocycles. The van der Waals surface area contributed by atoms with E-state index in [-0.39, 0.29) is 5.56 Å². The minimum Gasteiger partial charge on any atom is -0.478 e. The molecule has 2 atom stereocenters. The fraction of sp³-hybridized carbons (Fsp3) is 0.667. The van der Waals surface area contributed by atoms with Gasteiger partial charge in [0.1, 0.15) is 5.82 Å². The van der Waals surface area contributed by atoms with Crippen LogP contribution in [0.2, 0.25) is 0 Å². The van der Waals surface area contributed by atoms with Crippen LogP contribution in [-0.4, -0.2) is 45.1 Å². The SMILES string of the molecule is CCc1nc(C2CC3CCC(C2)N3C)ncc1C(=O)O. The maximum atomic E-state index is 11.1. The average molecular weight is 275 g/mol. The molecule has 1 N–H and O–H groups in total. The van der Waals surface area contributed by atoms with Crippen molar-refractivity contribution in [3.63, 3.8) is 0 Å². The molecular weight excluding hydrogens is 254 g/mol. The fourth-order valence-corrected chi connectivity index (χ4v) is 3.70. The lowest BCUT2D eigenvalue weighted by Crippen LogP contribution is -2.39. The summed E-state index contributed by atoms with van der Waals surface area (Å²) in [4.78, 5) is 22.5. The summed E-state index contributed by atoms with van der Waals surface area (Å²) in [6, 6.07) is 1.29. The van der Waals surface area contributed by atoms with Crippen LogP contribution < -0.4 is 0 Å². The van der Waals surface area contributed by atoms with Crippen LogP contribution in [0.5, 0.6) is 0 Å². The summed E-state index contributed by atoms with van der Waals surface area (Å²) in [7, 11) is 2.21. The third-order valence-electron chi connectivity index (χ3n) is 4.92. The van der Waals surface area contributed by atoms with Gasteiger partial charge in [-0.05, 0) is 39.2 Å². The fourth-order valence-electron chi connectivity index (χ4n) is 3.70. The molecule has 5 nitrogen and oxygen atoms in total. The predicted octanol–water partition coefficient (Wildman–Crippen LogP) is 2.08. The second-order valence-corrected chi connectivity index (χ2v) is 5.97. The first kappa shape index (κ1) is 13.5. The molecular formula is C15H21N3O2. The molecule has 0 saturated carbocycles. The average Bonchev–Trinajstić information content (AvgIpc) is 2.68. The maximum absolute atomic E-state index is 11.1. The van der Waals surface area contributed by atoms with Crippen LogP contribution in [0, 0.1) is 0 Å². The van der Waals surface area contributed by atoms with E-state index in [1.54, 1.807) is 0 Å². The van der Waals surface area contributed by atoms with Gasteiger partial charge in [0.25, 0.3) is 0 Å². The van der Waals surface area contributed by atoms with Crippen molar-refractivity contribution in [2.24, 2.45) is 0 Å². The van der Waals surface area contributed by atoms with E-state index in [2.05, 4.69) is 21.9 Å². The van der Waals surface area contributed by atoms with Crippen molar-refractivity contribution in [2.45, 2.75) is 57.0 Å². The molecule has 3 heterocycles. The molecule has 2 unspecified atom stereocenters. The minimum absolute atomic E-state index is 0.243. The lowest BCUT2D eigenvalue weighted by molar-refractivity contribution is 0.0694. The van der Waals surface area contributed by atoms with E-state index in [0.29, 0.717) is 30.1 Å². The number of rotatable bonds is 3. The molecule has 1 aromatic rings. The Hall–Kier alpha value is -1.49. The molecule has 0 radical (unpaired) electrons. The number of hydrogen-bond acceptors (Lipinski definition) is 4. The van der Waals surface area contributed by atoms with E-state index in [0.717, 1.165) is 18.7 Å². The molecule has 1 aromatic heterocycles. The normalized spacial score (nSPS) is 29.6. The smallest absolute Gasteiger partial charge is 0.339 e. The lowest BCUT2D eigenvalue weighted by atomic mass is 9.90. The van der Waals surface area contributed by atoms with Crippen molar-refractivity contribution in [3.8, 4) is 0 Å². The second-order valence-electron chi connectivity index (χ2n) is 5.97. The van der Waals surface area contributed by atoms with Crippen LogP contribution in [0.4, 0.5) is 0 Å². The number of aromatic carboxylic acids is 1. The van der Waals surface area contributed by atoms with E-state index in [9.17, 15) is 4.79 Å². The van der Waals surface area contributed by atoms with Crippen molar-refractivity contribution >= 4 is 5.97 Å². The summed E-state index contributed by atoms with van der Waals surface area (Å²) in [6.07, 6.45) is 6.86. The highest BCUT2D eigenvalue weighted by atomic mass is 16.4. The molecule has 20 heavy (non-hydrogen) atoms. The Morgan fingerprint density at radius 1 is 1.40 bits per heavy atom. The van der Waals surface area contributed by atoms with Crippen LogP contribution in [0.25, 0.3) is 0 Å². The minimum atomic E-state index is -0.933. The second kappa shape index (κ2) is 5.13. The third-order valence-corrected chi connectivity index (χ3v) is 4.92. The molecule has 0 amide bonds. The molecule has 2 aliphatic heterocycles. The largest absolute Gasteiger partial charge is 0.478 e. The molecule has 0 spiro atoms. The Morgan fingerprint density at radius 3 is 2.60 bits per heavy atom. The quantitative estimate of drug-likeness (QED) is 0.914. The molecule has 5 heteroatoms. The van der Waals surface area contributed by atoms with Crippen LogP contribution >= 0.6 is 0 Å². The van der Waals surface area contributed by atoms with E-state index < -0.39 is 5.97 Å². The number of nitrogens with zero attached hydrogens (tertiary/aromatic N) is 3. The molecule has 2 saturated heterocycles. The summed E-state index contributed by atoms with van der Waals surface area (Å²) in [5.41, 5.74) is 0.904. The van der Waals surface area contributed by atoms with Gasteiger partial charge in [-0.2, -0.15) is 0 Å². The summed E-state index contributed by atoms with van der Waals surface area (Å²) >= 11 is 0. The first-order valence-corrected chi connectivity index (χ1v) is 7.41. The number of piperidine rings is 1. The first-order valence-electron chi connectivity index (χ1n) is 7.41. The molecule has 2 bridgehead atoms. The number of carboxylic acids is 1. The van der Waals surface area contributed by atoms with Crippen LogP contribution in [0.3, 0.4) is 0 Å². The van der Waals surface area contributed by atoms with Crippen molar-refractivity contribution in [3.05, 3.63) is 23.3 Å². The Bertz CT molecular complexity index is 518. The number of aryl methyl sites for hydroxylation is 1. The summed E-state index contributed by atoms with van der Waals surface area (Å²) in [6.45, 7) is 1.94.